The molecule has 0 bridgehead atoms. The maximum Gasteiger partial charge on any atom is 0.288 e. The molecule has 1 N–H and O–H groups in total. The fraction of sp³-hybridized carbons (Fsp3) is 0.0417. The average Bonchev–Trinajstić information content (AvgIpc) is 3.20. The minimum absolute atomic E-state index is 0.263. The summed E-state index contributed by atoms with van der Waals surface area (Å²) >= 11 is 6.51. The van der Waals surface area contributed by atoms with Crippen molar-refractivity contribution in [2.75, 3.05) is 0 Å². The molecule has 0 spiro atoms. The zero-order valence-electron chi connectivity index (χ0n) is 16.2. The van der Waals surface area contributed by atoms with Crippen molar-refractivity contribution in [1.82, 2.24) is 15.1 Å². The van der Waals surface area contributed by atoms with Crippen LogP contribution in [0.4, 0.5) is 0 Å². The molecule has 31 heavy (non-hydrogen) atoms. The number of ether oxygens (including phenoxy) is 1. The molecule has 0 atom stereocenters. The van der Waals surface area contributed by atoms with Crippen LogP contribution >= 0.6 is 11.6 Å². The second-order valence-corrected chi connectivity index (χ2v) is 7.32. The van der Waals surface area contributed by atoms with Crippen LogP contribution in [0.15, 0.2) is 88.4 Å². The maximum atomic E-state index is 12.3. The molecule has 6 nitrogen and oxygen atoms in total. The topological polar surface area (TPSA) is 81.0 Å². The molecule has 0 saturated carbocycles. The first-order valence-corrected chi connectivity index (χ1v) is 9.96. The summed E-state index contributed by atoms with van der Waals surface area (Å²) in [5.41, 5.74) is 3.18. The third-order valence-corrected chi connectivity index (χ3v) is 5.28. The fourth-order valence-electron chi connectivity index (χ4n) is 3.37. The number of H-pyrrole nitrogens is 1. The lowest BCUT2D eigenvalue weighted by molar-refractivity contribution is 0.295. The minimum Gasteiger partial charge on any atom is -0.473 e. The van der Waals surface area contributed by atoms with Crippen LogP contribution in [0.3, 0.4) is 0 Å². The Hall–Kier alpha value is -3.90. The molecule has 0 unspecified atom stereocenters. The standard InChI is InChI=1S/C24H16ClN3O3/c25-19-13-17(23-22(24(29)28-31-23)16-9-11-26-12-10-16)5-6-18(19)14-30-21-8-7-15-3-1-2-4-20(15)27-21/h1-13H,14H2,(H,28,29). The number of hydrogen-bond acceptors (Lipinski definition) is 5. The average molecular weight is 430 g/mol. The Morgan fingerprint density at radius 1 is 0.968 bits per heavy atom. The Bertz CT molecular complexity index is 1430. The van der Waals surface area contributed by atoms with Crippen molar-refractivity contribution in [2.24, 2.45) is 0 Å². The van der Waals surface area contributed by atoms with Gasteiger partial charge in [0.25, 0.3) is 5.56 Å². The van der Waals surface area contributed by atoms with Crippen molar-refractivity contribution in [1.29, 1.82) is 0 Å². The summed E-state index contributed by atoms with van der Waals surface area (Å²) in [7, 11) is 0. The van der Waals surface area contributed by atoms with Gasteiger partial charge < -0.3 is 9.26 Å². The summed E-state index contributed by atoms with van der Waals surface area (Å²) in [5.74, 6) is 0.942. The number of nitrogens with zero attached hydrogens (tertiary/aromatic N) is 2. The minimum atomic E-state index is -0.313. The van der Waals surface area contributed by atoms with Crippen molar-refractivity contribution >= 4 is 22.5 Å². The van der Waals surface area contributed by atoms with E-state index in [1.165, 1.54) is 0 Å². The first kappa shape index (κ1) is 19.1. The molecule has 3 heterocycles. The lowest BCUT2D eigenvalue weighted by Gasteiger charge is -2.09. The third kappa shape index (κ3) is 3.81. The molecule has 152 valence electrons. The number of rotatable bonds is 5. The van der Waals surface area contributed by atoms with Gasteiger partial charge in [-0.2, -0.15) is 5.16 Å². The summed E-state index contributed by atoms with van der Waals surface area (Å²) in [6, 6.07) is 20.6. The summed E-state index contributed by atoms with van der Waals surface area (Å²) < 4.78 is 11.3. The van der Waals surface area contributed by atoms with Gasteiger partial charge in [0.05, 0.1) is 11.1 Å². The van der Waals surface area contributed by atoms with Crippen molar-refractivity contribution in [2.45, 2.75) is 6.61 Å². The largest absolute Gasteiger partial charge is 0.473 e. The lowest BCUT2D eigenvalue weighted by Crippen LogP contribution is -2.01. The van der Waals surface area contributed by atoms with Crippen molar-refractivity contribution < 1.29 is 9.26 Å². The molecule has 3 aromatic heterocycles. The van der Waals surface area contributed by atoms with Crippen LogP contribution in [-0.2, 0) is 6.61 Å². The van der Waals surface area contributed by atoms with Gasteiger partial charge in [-0.3, -0.25) is 9.78 Å². The molecule has 0 aliphatic carbocycles. The van der Waals surface area contributed by atoms with E-state index in [0.29, 0.717) is 33.4 Å². The Labute approximate surface area is 182 Å². The first-order valence-electron chi connectivity index (χ1n) is 9.58. The Morgan fingerprint density at radius 3 is 2.65 bits per heavy atom. The predicted octanol–water partition coefficient (Wildman–Crippen LogP) is 5.48. The zero-order valence-corrected chi connectivity index (χ0v) is 17.0. The molecule has 7 heteroatoms. The number of para-hydroxylation sites is 1. The smallest absolute Gasteiger partial charge is 0.288 e. The van der Waals surface area contributed by atoms with Gasteiger partial charge in [-0.15, -0.1) is 0 Å². The van der Waals surface area contributed by atoms with Crippen LogP contribution in [0.5, 0.6) is 5.88 Å². The second-order valence-electron chi connectivity index (χ2n) is 6.91. The van der Waals surface area contributed by atoms with Crippen LogP contribution in [-0.4, -0.2) is 15.1 Å². The Balaban J connectivity index is 1.40. The fourth-order valence-corrected chi connectivity index (χ4v) is 3.61. The van der Waals surface area contributed by atoms with Crippen LogP contribution in [0.25, 0.3) is 33.4 Å². The van der Waals surface area contributed by atoms with E-state index in [0.717, 1.165) is 16.5 Å². The predicted molar refractivity (Wildman–Crippen MR) is 119 cm³/mol. The van der Waals surface area contributed by atoms with E-state index in [4.69, 9.17) is 20.9 Å². The number of nitrogens with one attached hydrogen (secondary N) is 1. The van der Waals surface area contributed by atoms with Gasteiger partial charge in [0, 0.05) is 40.0 Å². The molecule has 0 radical (unpaired) electrons. The molecule has 2 aromatic carbocycles. The molecule has 5 aromatic rings. The molecule has 0 aliphatic rings. The third-order valence-electron chi connectivity index (χ3n) is 4.93. The van der Waals surface area contributed by atoms with Crippen molar-refractivity contribution in [3.8, 4) is 28.3 Å². The molecular formula is C24H16ClN3O3. The highest BCUT2D eigenvalue weighted by Gasteiger charge is 2.18. The zero-order chi connectivity index (χ0) is 21.2. The summed E-state index contributed by atoms with van der Waals surface area (Å²) in [6.07, 6.45) is 3.25. The van der Waals surface area contributed by atoms with Gasteiger partial charge in [0.2, 0.25) is 5.88 Å². The monoisotopic (exact) mass is 429 g/mol. The van der Waals surface area contributed by atoms with E-state index >= 15 is 0 Å². The van der Waals surface area contributed by atoms with Crippen LogP contribution in [0.1, 0.15) is 5.56 Å². The molecular weight excluding hydrogens is 414 g/mol. The number of benzene rings is 2. The number of aromatic amines is 1. The summed E-state index contributed by atoms with van der Waals surface area (Å²) in [6.45, 7) is 0.263. The van der Waals surface area contributed by atoms with E-state index < -0.39 is 0 Å². The van der Waals surface area contributed by atoms with Crippen LogP contribution in [0.2, 0.25) is 5.02 Å². The van der Waals surface area contributed by atoms with E-state index in [-0.39, 0.29) is 12.2 Å². The van der Waals surface area contributed by atoms with E-state index in [9.17, 15) is 4.79 Å². The second kappa shape index (κ2) is 8.08. The number of pyridine rings is 2. The van der Waals surface area contributed by atoms with E-state index in [1.807, 2.05) is 48.5 Å². The Morgan fingerprint density at radius 2 is 1.81 bits per heavy atom. The van der Waals surface area contributed by atoms with Gasteiger partial charge in [-0.25, -0.2) is 4.98 Å². The molecule has 0 saturated heterocycles. The van der Waals surface area contributed by atoms with Gasteiger partial charge in [0.15, 0.2) is 5.76 Å². The summed E-state index contributed by atoms with van der Waals surface area (Å²) in [5, 5.41) is 3.96. The normalized spacial score (nSPS) is 11.0. The van der Waals surface area contributed by atoms with Gasteiger partial charge >= 0.3 is 0 Å². The van der Waals surface area contributed by atoms with Gasteiger partial charge in [-0.1, -0.05) is 41.9 Å². The maximum absolute atomic E-state index is 12.3. The van der Waals surface area contributed by atoms with Crippen LogP contribution in [0, 0.1) is 0 Å². The Kier molecular flexibility index (Phi) is 4.98. The number of fused-ring (bicyclic) bond motifs is 1. The van der Waals surface area contributed by atoms with Crippen LogP contribution < -0.4 is 10.3 Å². The number of halogens is 1. The van der Waals surface area contributed by atoms with Gasteiger partial charge in [0.1, 0.15) is 6.61 Å². The molecule has 5 rings (SSSR count). The van der Waals surface area contributed by atoms with Gasteiger partial charge in [-0.05, 0) is 35.9 Å². The highest BCUT2D eigenvalue weighted by atomic mass is 35.5. The SMILES string of the molecule is O=c1[nH]oc(-c2ccc(COc3ccc4ccccc4n3)c(Cl)c2)c1-c1ccncc1. The van der Waals surface area contributed by atoms with Crippen molar-refractivity contribution in [3.05, 3.63) is 100 Å². The van der Waals surface area contributed by atoms with E-state index in [1.54, 1.807) is 30.6 Å². The number of aromatic nitrogens is 3. The lowest BCUT2D eigenvalue weighted by atomic mass is 10.0. The summed E-state index contributed by atoms with van der Waals surface area (Å²) in [4.78, 5) is 20.8. The number of hydrogen-bond donors (Lipinski definition) is 1. The van der Waals surface area contributed by atoms with E-state index in [2.05, 4.69) is 15.1 Å². The first-order chi connectivity index (χ1) is 15.2. The molecule has 0 fully saturated rings. The highest BCUT2D eigenvalue weighted by Crippen LogP contribution is 2.32. The van der Waals surface area contributed by atoms with Crippen molar-refractivity contribution in [3.63, 3.8) is 0 Å². The highest BCUT2D eigenvalue weighted by molar-refractivity contribution is 6.31. The molecule has 0 aliphatic heterocycles. The molecule has 0 amide bonds. The quantitative estimate of drug-likeness (QED) is 0.400.